The van der Waals surface area contributed by atoms with Crippen LogP contribution in [-0.2, 0) is 15.0 Å². The molecule has 1 aliphatic carbocycles. The smallest absolute Gasteiger partial charge is 0.224 e. The van der Waals surface area contributed by atoms with E-state index in [0.717, 1.165) is 28.2 Å². The molecule has 1 aliphatic heterocycles. The van der Waals surface area contributed by atoms with Crippen LogP contribution in [0.1, 0.15) is 69.2 Å². The number of fused-ring (bicyclic) bond motifs is 1. The van der Waals surface area contributed by atoms with Crippen molar-refractivity contribution in [3.63, 3.8) is 0 Å². The fourth-order valence-electron chi connectivity index (χ4n) is 5.77. The summed E-state index contributed by atoms with van der Waals surface area (Å²) in [6.45, 7) is 8.14. The molecule has 0 saturated carbocycles. The first-order valence-corrected chi connectivity index (χ1v) is 13.4. The second-order valence-corrected chi connectivity index (χ2v) is 11.3. The van der Waals surface area contributed by atoms with Crippen LogP contribution in [0.4, 0.5) is 11.4 Å². The lowest BCUT2D eigenvalue weighted by atomic mass is 9.77. The number of ketones is 1. The predicted octanol–water partition coefficient (Wildman–Crippen LogP) is 6.92. The number of anilines is 2. The van der Waals surface area contributed by atoms with E-state index < -0.39 is 6.04 Å². The van der Waals surface area contributed by atoms with Gasteiger partial charge in [0.05, 0.1) is 31.6 Å². The lowest BCUT2D eigenvalue weighted by Crippen LogP contribution is -2.37. The van der Waals surface area contributed by atoms with Crippen molar-refractivity contribution >= 4 is 23.1 Å². The molecule has 5 rings (SSSR count). The van der Waals surface area contributed by atoms with Gasteiger partial charge in [0.2, 0.25) is 5.91 Å². The number of amides is 1. The van der Waals surface area contributed by atoms with Gasteiger partial charge in [0.15, 0.2) is 17.3 Å². The summed E-state index contributed by atoms with van der Waals surface area (Å²) in [4.78, 5) is 29.1. The van der Waals surface area contributed by atoms with Crippen LogP contribution in [-0.4, -0.2) is 25.9 Å². The number of Topliss-reactive ketones (excluding diaryl/α,β-unsaturated/α-hetero) is 1. The average Bonchev–Trinajstić information content (AvgIpc) is 3.07. The molecule has 1 amide bonds. The molecule has 0 fully saturated rings. The number of carbonyl (C=O) groups is 2. The highest BCUT2D eigenvalue weighted by molar-refractivity contribution is 6.06. The maximum absolute atomic E-state index is 14.1. The van der Waals surface area contributed by atoms with E-state index in [-0.39, 0.29) is 23.0 Å². The highest BCUT2D eigenvalue weighted by atomic mass is 16.5. The lowest BCUT2D eigenvalue weighted by Gasteiger charge is -2.35. The summed E-state index contributed by atoms with van der Waals surface area (Å²) >= 11 is 0. The highest BCUT2D eigenvalue weighted by Gasteiger charge is 2.41. The summed E-state index contributed by atoms with van der Waals surface area (Å²) < 4.78 is 11.0. The van der Waals surface area contributed by atoms with E-state index in [2.05, 4.69) is 50.4 Å². The molecule has 0 spiro atoms. The second kappa shape index (κ2) is 10.3. The molecule has 0 aromatic heterocycles. The summed E-state index contributed by atoms with van der Waals surface area (Å²) in [5, 5.41) is 3.57. The van der Waals surface area contributed by atoms with Crippen molar-refractivity contribution in [3.05, 3.63) is 94.7 Å². The largest absolute Gasteiger partial charge is 0.493 e. The first kappa shape index (κ1) is 26.5. The van der Waals surface area contributed by atoms with Gasteiger partial charge in [0.1, 0.15) is 0 Å². The molecule has 0 bridgehead atoms. The minimum Gasteiger partial charge on any atom is -0.493 e. The van der Waals surface area contributed by atoms with E-state index in [9.17, 15) is 9.59 Å². The molecule has 0 unspecified atom stereocenters. The summed E-state index contributed by atoms with van der Waals surface area (Å²) in [6, 6.07) is 21.4. The fraction of sp³-hybridized carbons (Fsp3) is 0.333. The zero-order valence-corrected chi connectivity index (χ0v) is 23.5. The number of allylic oxidation sites excluding steroid dienone is 1. The lowest BCUT2D eigenvalue weighted by molar-refractivity contribution is -0.117. The first-order valence-electron chi connectivity index (χ1n) is 13.4. The van der Waals surface area contributed by atoms with Crippen molar-refractivity contribution in [2.75, 3.05) is 24.4 Å². The number of ether oxygens (including phenoxy) is 2. The summed E-state index contributed by atoms with van der Waals surface area (Å²) in [6.07, 6.45) is 1.04. The third-order valence-electron chi connectivity index (χ3n) is 7.80. The van der Waals surface area contributed by atoms with E-state index in [1.165, 1.54) is 5.56 Å². The van der Waals surface area contributed by atoms with Gasteiger partial charge in [-0.15, -0.1) is 0 Å². The fourth-order valence-corrected chi connectivity index (χ4v) is 5.77. The molecule has 39 heavy (non-hydrogen) atoms. The van der Waals surface area contributed by atoms with Crippen LogP contribution in [0.5, 0.6) is 11.5 Å². The van der Waals surface area contributed by atoms with E-state index in [1.807, 2.05) is 42.5 Å². The maximum atomic E-state index is 14.1. The second-order valence-electron chi connectivity index (χ2n) is 11.3. The highest BCUT2D eigenvalue weighted by Crippen LogP contribution is 2.48. The normalized spacial score (nSPS) is 19.0. The molecule has 6 heteroatoms. The molecule has 1 N–H and O–H groups in total. The summed E-state index contributed by atoms with van der Waals surface area (Å²) in [5.74, 6) is 1.06. The van der Waals surface area contributed by atoms with Gasteiger partial charge >= 0.3 is 0 Å². The van der Waals surface area contributed by atoms with Crippen molar-refractivity contribution in [3.8, 4) is 11.5 Å². The van der Waals surface area contributed by atoms with Gasteiger partial charge < -0.3 is 14.8 Å². The van der Waals surface area contributed by atoms with Crippen molar-refractivity contribution in [2.24, 2.45) is 0 Å². The molecule has 3 aromatic carbocycles. The van der Waals surface area contributed by atoms with Crippen LogP contribution in [0.3, 0.4) is 0 Å². The van der Waals surface area contributed by atoms with E-state index in [0.29, 0.717) is 29.9 Å². The topological polar surface area (TPSA) is 67.9 Å². The molecule has 3 aromatic rings. The van der Waals surface area contributed by atoms with Gasteiger partial charge in [-0.05, 0) is 58.7 Å². The number of hydrogen-bond donors (Lipinski definition) is 1. The quantitative estimate of drug-likeness (QED) is 0.401. The van der Waals surface area contributed by atoms with E-state index >= 15 is 0 Å². The molecule has 2 atom stereocenters. The SMILES string of the molecule is COc1ccc([C@H]2C3=C(C[C@H](c4ccc(C(C)(C)C)cc4)CC3=O)Nc3ccccc3N2C(C)=O)cc1OC. The summed E-state index contributed by atoms with van der Waals surface area (Å²) in [5.41, 5.74) is 6.27. The minimum atomic E-state index is -0.606. The Labute approximate surface area is 230 Å². The van der Waals surface area contributed by atoms with Crippen molar-refractivity contribution in [2.45, 2.75) is 57.9 Å². The van der Waals surface area contributed by atoms with Crippen LogP contribution >= 0.6 is 0 Å². The number of rotatable bonds is 4. The Bertz CT molecular complexity index is 1450. The third-order valence-corrected chi connectivity index (χ3v) is 7.80. The molecule has 0 radical (unpaired) electrons. The van der Waals surface area contributed by atoms with Gasteiger partial charge in [-0.2, -0.15) is 0 Å². The minimum absolute atomic E-state index is 0.0347. The zero-order chi connectivity index (χ0) is 27.9. The third kappa shape index (κ3) is 4.91. The van der Waals surface area contributed by atoms with Crippen LogP contribution < -0.4 is 19.7 Å². The van der Waals surface area contributed by atoms with E-state index in [1.54, 1.807) is 26.0 Å². The predicted molar refractivity (Wildman–Crippen MR) is 155 cm³/mol. The summed E-state index contributed by atoms with van der Waals surface area (Å²) in [7, 11) is 3.17. The number of hydrogen-bond acceptors (Lipinski definition) is 5. The molecule has 0 saturated heterocycles. The van der Waals surface area contributed by atoms with Gasteiger partial charge in [0.25, 0.3) is 0 Å². The number of benzene rings is 3. The van der Waals surface area contributed by atoms with Crippen LogP contribution in [0.2, 0.25) is 0 Å². The number of methoxy groups -OCH3 is 2. The number of para-hydroxylation sites is 2. The Kier molecular flexibility index (Phi) is 6.98. The molecular weight excluding hydrogens is 488 g/mol. The molecular formula is C33H36N2O4. The Morgan fingerprint density at radius 3 is 2.21 bits per heavy atom. The molecule has 6 nitrogen and oxygen atoms in total. The first-order chi connectivity index (χ1) is 18.6. The Balaban J connectivity index is 1.65. The van der Waals surface area contributed by atoms with Crippen molar-refractivity contribution < 1.29 is 19.1 Å². The van der Waals surface area contributed by atoms with Gasteiger partial charge in [-0.3, -0.25) is 14.5 Å². The van der Waals surface area contributed by atoms with Crippen molar-refractivity contribution in [1.29, 1.82) is 0 Å². The maximum Gasteiger partial charge on any atom is 0.224 e. The molecule has 1 heterocycles. The average molecular weight is 525 g/mol. The van der Waals surface area contributed by atoms with Gasteiger partial charge in [-0.25, -0.2) is 0 Å². The Hall–Kier alpha value is -4.06. The number of nitrogens with one attached hydrogen (secondary N) is 1. The van der Waals surface area contributed by atoms with Gasteiger partial charge in [0, 0.05) is 24.6 Å². The molecule has 2 aliphatic rings. The number of nitrogens with zero attached hydrogens (tertiary/aromatic N) is 1. The van der Waals surface area contributed by atoms with Crippen molar-refractivity contribution in [1.82, 2.24) is 0 Å². The van der Waals surface area contributed by atoms with Gasteiger partial charge in [-0.1, -0.05) is 63.2 Å². The standard InChI is InChI=1S/C33H36N2O4/c1-20(36)35-27-10-8-7-9-25(27)34-26-17-23(21-11-14-24(15-12-21)33(2,3)4)18-28(37)31(26)32(35)22-13-16-29(38-5)30(19-22)39-6/h7-16,19,23,32,34H,17-18H2,1-6H3/t23-,32-/m0/s1. The Morgan fingerprint density at radius 2 is 1.56 bits per heavy atom. The monoisotopic (exact) mass is 524 g/mol. The number of carbonyl (C=O) groups excluding carboxylic acids is 2. The molecule has 202 valence electrons. The van der Waals surface area contributed by atoms with Crippen LogP contribution in [0.15, 0.2) is 78.0 Å². The zero-order valence-electron chi connectivity index (χ0n) is 23.5. The Morgan fingerprint density at radius 1 is 0.897 bits per heavy atom. The van der Waals surface area contributed by atoms with Crippen LogP contribution in [0.25, 0.3) is 0 Å². The van der Waals surface area contributed by atoms with Crippen LogP contribution in [0, 0.1) is 0 Å². The van der Waals surface area contributed by atoms with E-state index in [4.69, 9.17) is 9.47 Å².